The molecule has 2 nitrogen and oxygen atoms in total. The molecule has 0 radical (unpaired) electrons. The van der Waals surface area contributed by atoms with Crippen molar-refractivity contribution in [3.63, 3.8) is 0 Å². The number of nitrogens with zero attached hydrogens (tertiary/aromatic N) is 1. The maximum Gasteiger partial charge on any atom is 0.159 e. The van der Waals surface area contributed by atoms with E-state index in [1.165, 1.54) is 6.07 Å². The van der Waals surface area contributed by atoms with Crippen molar-refractivity contribution in [2.24, 2.45) is 5.73 Å². The molecule has 0 bridgehead atoms. The van der Waals surface area contributed by atoms with E-state index < -0.39 is 17.7 Å². The Morgan fingerprint density at radius 1 is 1.06 bits per heavy atom. The fourth-order valence-corrected chi connectivity index (χ4v) is 1.46. The summed E-state index contributed by atoms with van der Waals surface area (Å²) >= 11 is 0. The van der Waals surface area contributed by atoms with Crippen LogP contribution in [-0.4, -0.2) is 4.98 Å². The molecule has 0 amide bonds. The second-order valence-electron chi connectivity index (χ2n) is 3.44. The van der Waals surface area contributed by atoms with Crippen molar-refractivity contribution in [3.05, 3.63) is 65.5 Å². The van der Waals surface area contributed by atoms with E-state index in [1.54, 1.807) is 24.5 Å². The van der Waals surface area contributed by atoms with Crippen molar-refractivity contribution >= 4 is 0 Å². The van der Waals surface area contributed by atoms with Gasteiger partial charge in [-0.2, -0.15) is 0 Å². The summed E-state index contributed by atoms with van der Waals surface area (Å²) in [5, 5.41) is 0. The highest BCUT2D eigenvalue weighted by Gasteiger charge is 2.11. The lowest BCUT2D eigenvalue weighted by atomic mass is 10.0. The molecule has 16 heavy (non-hydrogen) atoms. The van der Waals surface area contributed by atoms with Gasteiger partial charge in [0.25, 0.3) is 0 Å². The Morgan fingerprint density at radius 2 is 1.88 bits per heavy atom. The van der Waals surface area contributed by atoms with Gasteiger partial charge in [0.05, 0.1) is 6.04 Å². The monoisotopic (exact) mass is 220 g/mol. The Morgan fingerprint density at radius 3 is 2.50 bits per heavy atom. The lowest BCUT2D eigenvalue weighted by molar-refractivity contribution is 0.506. The first-order valence-corrected chi connectivity index (χ1v) is 4.79. The first kappa shape index (κ1) is 10.7. The number of nitrogens with two attached hydrogens (primary N) is 1. The van der Waals surface area contributed by atoms with Crippen LogP contribution in [0.15, 0.2) is 42.7 Å². The molecule has 1 atom stereocenters. The Bertz CT molecular complexity index is 486. The zero-order valence-electron chi connectivity index (χ0n) is 8.40. The first-order chi connectivity index (χ1) is 7.68. The van der Waals surface area contributed by atoms with Crippen LogP contribution in [0.2, 0.25) is 0 Å². The third kappa shape index (κ3) is 2.06. The Hall–Kier alpha value is -1.81. The van der Waals surface area contributed by atoms with Gasteiger partial charge in [-0.25, -0.2) is 8.78 Å². The summed E-state index contributed by atoms with van der Waals surface area (Å²) in [7, 11) is 0. The van der Waals surface area contributed by atoms with Crippen LogP contribution in [0.25, 0.3) is 0 Å². The lowest BCUT2D eigenvalue weighted by Gasteiger charge is -2.11. The third-order valence-electron chi connectivity index (χ3n) is 2.35. The summed E-state index contributed by atoms with van der Waals surface area (Å²) in [6, 6.07) is 6.68. The largest absolute Gasteiger partial charge is 0.320 e. The van der Waals surface area contributed by atoms with Gasteiger partial charge < -0.3 is 5.73 Å². The van der Waals surface area contributed by atoms with E-state index in [1.807, 2.05) is 0 Å². The summed E-state index contributed by atoms with van der Waals surface area (Å²) in [6.07, 6.45) is 3.23. The second kappa shape index (κ2) is 4.37. The Balaban J connectivity index is 2.34. The van der Waals surface area contributed by atoms with Gasteiger partial charge in [-0.1, -0.05) is 12.1 Å². The molecule has 0 aliphatic rings. The molecule has 1 aromatic carbocycles. The van der Waals surface area contributed by atoms with Crippen molar-refractivity contribution in [3.8, 4) is 0 Å². The molecule has 2 aromatic rings. The Labute approximate surface area is 91.7 Å². The van der Waals surface area contributed by atoms with Crippen molar-refractivity contribution in [1.29, 1.82) is 0 Å². The third-order valence-corrected chi connectivity index (χ3v) is 2.35. The summed E-state index contributed by atoms with van der Waals surface area (Å²) in [5.74, 6) is -1.76. The number of hydrogen-bond donors (Lipinski definition) is 1. The van der Waals surface area contributed by atoms with E-state index in [0.717, 1.165) is 17.7 Å². The van der Waals surface area contributed by atoms with Gasteiger partial charge in [-0.05, 0) is 29.3 Å². The molecule has 0 saturated heterocycles. The van der Waals surface area contributed by atoms with Gasteiger partial charge in [0.2, 0.25) is 0 Å². The van der Waals surface area contributed by atoms with Crippen molar-refractivity contribution in [1.82, 2.24) is 4.98 Å². The lowest BCUT2D eigenvalue weighted by Crippen LogP contribution is -2.12. The Kier molecular flexibility index (Phi) is 2.92. The highest BCUT2D eigenvalue weighted by molar-refractivity contribution is 5.30. The van der Waals surface area contributed by atoms with Gasteiger partial charge in [0.15, 0.2) is 11.6 Å². The number of hydrogen-bond acceptors (Lipinski definition) is 2. The predicted molar refractivity (Wildman–Crippen MR) is 56.6 cm³/mol. The maximum atomic E-state index is 13.0. The summed E-state index contributed by atoms with van der Waals surface area (Å²) in [5.41, 5.74) is 7.18. The predicted octanol–water partition coefficient (Wildman–Crippen LogP) is 2.41. The molecule has 2 N–H and O–H groups in total. The van der Waals surface area contributed by atoms with E-state index >= 15 is 0 Å². The van der Waals surface area contributed by atoms with Gasteiger partial charge >= 0.3 is 0 Å². The molecule has 0 saturated carbocycles. The number of benzene rings is 1. The van der Waals surface area contributed by atoms with Crippen LogP contribution in [0, 0.1) is 11.6 Å². The molecule has 1 heterocycles. The minimum atomic E-state index is -0.892. The molecular weight excluding hydrogens is 210 g/mol. The SMILES string of the molecule is NC(c1cccnc1)c1ccc(F)c(F)c1. The van der Waals surface area contributed by atoms with Gasteiger partial charge in [-0.15, -0.1) is 0 Å². The number of halogens is 2. The van der Waals surface area contributed by atoms with Crippen LogP contribution >= 0.6 is 0 Å². The molecule has 2 rings (SSSR count). The molecular formula is C12H10F2N2. The summed E-state index contributed by atoms with van der Waals surface area (Å²) < 4.78 is 25.7. The second-order valence-corrected chi connectivity index (χ2v) is 3.44. The van der Waals surface area contributed by atoms with Crippen molar-refractivity contribution < 1.29 is 8.78 Å². The minimum absolute atomic E-state index is 0.496. The van der Waals surface area contributed by atoms with Crippen LogP contribution < -0.4 is 5.73 Å². The highest BCUT2D eigenvalue weighted by atomic mass is 19.2. The van der Waals surface area contributed by atoms with Gasteiger partial charge in [0, 0.05) is 12.4 Å². The van der Waals surface area contributed by atoms with Crippen LogP contribution in [0.1, 0.15) is 17.2 Å². The number of aromatic nitrogens is 1. The topological polar surface area (TPSA) is 38.9 Å². The number of rotatable bonds is 2. The van der Waals surface area contributed by atoms with Crippen molar-refractivity contribution in [2.45, 2.75) is 6.04 Å². The zero-order chi connectivity index (χ0) is 11.5. The van der Waals surface area contributed by atoms with Crippen LogP contribution in [0.4, 0.5) is 8.78 Å². The minimum Gasteiger partial charge on any atom is -0.320 e. The molecule has 82 valence electrons. The fraction of sp³-hybridized carbons (Fsp3) is 0.0833. The summed E-state index contributed by atoms with van der Waals surface area (Å²) in [4.78, 5) is 3.92. The number of pyridine rings is 1. The van der Waals surface area contributed by atoms with Gasteiger partial charge in [-0.3, -0.25) is 4.98 Å². The average molecular weight is 220 g/mol. The normalized spacial score (nSPS) is 12.4. The smallest absolute Gasteiger partial charge is 0.159 e. The summed E-state index contributed by atoms with van der Waals surface area (Å²) in [6.45, 7) is 0. The van der Waals surface area contributed by atoms with Crippen molar-refractivity contribution in [2.75, 3.05) is 0 Å². The quantitative estimate of drug-likeness (QED) is 0.844. The first-order valence-electron chi connectivity index (χ1n) is 4.79. The van der Waals surface area contributed by atoms with E-state index in [4.69, 9.17) is 5.73 Å². The molecule has 0 spiro atoms. The van der Waals surface area contributed by atoms with E-state index in [0.29, 0.717) is 5.56 Å². The van der Waals surface area contributed by atoms with Crippen LogP contribution in [-0.2, 0) is 0 Å². The van der Waals surface area contributed by atoms with Gasteiger partial charge in [0.1, 0.15) is 0 Å². The van der Waals surface area contributed by atoms with Crippen LogP contribution in [0.3, 0.4) is 0 Å². The van der Waals surface area contributed by atoms with Crippen LogP contribution in [0.5, 0.6) is 0 Å². The molecule has 1 aromatic heterocycles. The molecule has 0 aliphatic carbocycles. The fourth-order valence-electron chi connectivity index (χ4n) is 1.46. The molecule has 4 heteroatoms. The molecule has 0 fully saturated rings. The molecule has 1 unspecified atom stereocenters. The zero-order valence-corrected chi connectivity index (χ0v) is 8.40. The van der Waals surface area contributed by atoms with E-state index in [-0.39, 0.29) is 0 Å². The maximum absolute atomic E-state index is 13.0. The standard InChI is InChI=1S/C12H10F2N2/c13-10-4-3-8(6-11(10)14)12(15)9-2-1-5-16-7-9/h1-7,12H,15H2. The average Bonchev–Trinajstić information content (AvgIpc) is 2.33. The highest BCUT2D eigenvalue weighted by Crippen LogP contribution is 2.20. The molecule has 0 aliphatic heterocycles. The van der Waals surface area contributed by atoms with E-state index in [9.17, 15) is 8.78 Å². The van der Waals surface area contributed by atoms with E-state index in [2.05, 4.69) is 4.98 Å².